The Morgan fingerprint density at radius 3 is 2.52 bits per heavy atom. The molecule has 0 saturated carbocycles. The van der Waals surface area contributed by atoms with Crippen LogP contribution in [0.1, 0.15) is 5.56 Å². The van der Waals surface area contributed by atoms with Gasteiger partial charge in [-0.2, -0.15) is 5.10 Å². The lowest BCUT2D eigenvalue weighted by Crippen LogP contribution is -1.97. The molecule has 23 heavy (non-hydrogen) atoms. The molecule has 5 rings (SSSR count). The third-order valence-electron chi connectivity index (χ3n) is 4.44. The number of aromatic nitrogens is 2. The third-order valence-corrected chi connectivity index (χ3v) is 4.44. The molecular formula is C20H14N2O. The van der Waals surface area contributed by atoms with Gasteiger partial charge in [-0.15, -0.1) is 0 Å². The van der Waals surface area contributed by atoms with Crippen LogP contribution in [-0.4, -0.2) is 9.78 Å². The average Bonchev–Trinajstić information content (AvgIpc) is 3.22. The first-order chi connectivity index (χ1) is 11.3. The van der Waals surface area contributed by atoms with Gasteiger partial charge in [0.15, 0.2) is 5.58 Å². The molecule has 0 N–H and O–H groups in total. The molecule has 0 radical (unpaired) electrons. The van der Waals surface area contributed by atoms with Crippen LogP contribution in [-0.2, 0) is 0 Å². The van der Waals surface area contributed by atoms with Crippen LogP contribution in [0.2, 0.25) is 0 Å². The zero-order valence-electron chi connectivity index (χ0n) is 12.7. The normalized spacial score (nSPS) is 11.7. The highest BCUT2D eigenvalue weighted by atomic mass is 16.3. The van der Waals surface area contributed by atoms with Crippen molar-refractivity contribution in [3.8, 4) is 5.69 Å². The first kappa shape index (κ1) is 12.5. The van der Waals surface area contributed by atoms with Crippen molar-refractivity contribution >= 4 is 32.7 Å². The van der Waals surface area contributed by atoms with Gasteiger partial charge in [0.05, 0.1) is 0 Å². The van der Waals surface area contributed by atoms with E-state index >= 15 is 0 Å². The van der Waals surface area contributed by atoms with Gasteiger partial charge in [-0.25, -0.2) is 4.68 Å². The molecule has 0 amide bonds. The summed E-state index contributed by atoms with van der Waals surface area (Å²) >= 11 is 0. The zero-order chi connectivity index (χ0) is 15.4. The van der Waals surface area contributed by atoms with E-state index in [2.05, 4.69) is 60.6 Å². The van der Waals surface area contributed by atoms with E-state index in [1.807, 2.05) is 16.9 Å². The summed E-state index contributed by atoms with van der Waals surface area (Å²) in [6.45, 7) is 2.09. The summed E-state index contributed by atoms with van der Waals surface area (Å²) < 4.78 is 8.22. The van der Waals surface area contributed by atoms with E-state index in [0.29, 0.717) is 0 Å². The second kappa shape index (κ2) is 4.46. The lowest BCUT2D eigenvalue weighted by molar-refractivity contribution is 0.664. The van der Waals surface area contributed by atoms with Gasteiger partial charge < -0.3 is 4.42 Å². The number of furan rings is 1. The molecule has 110 valence electrons. The highest BCUT2D eigenvalue weighted by molar-refractivity contribution is 6.16. The highest BCUT2D eigenvalue weighted by Gasteiger charge is 2.16. The molecule has 0 bridgehead atoms. The largest absolute Gasteiger partial charge is 0.453 e. The summed E-state index contributed by atoms with van der Waals surface area (Å²) in [5, 5.41) is 8.99. The molecule has 0 aliphatic rings. The number of benzene rings is 3. The summed E-state index contributed by atoms with van der Waals surface area (Å²) in [5.41, 5.74) is 3.98. The Morgan fingerprint density at radius 1 is 0.826 bits per heavy atom. The molecule has 0 spiro atoms. The van der Waals surface area contributed by atoms with Gasteiger partial charge in [0, 0.05) is 28.6 Å². The summed E-state index contributed by atoms with van der Waals surface area (Å²) in [4.78, 5) is 0. The van der Waals surface area contributed by atoms with Gasteiger partial charge in [-0.1, -0.05) is 42.5 Å². The molecule has 0 saturated heterocycles. The smallest absolute Gasteiger partial charge is 0.161 e. The summed E-state index contributed by atoms with van der Waals surface area (Å²) in [6.07, 6.45) is 3.74. The Labute approximate surface area is 132 Å². The molecule has 5 aromatic rings. The molecule has 0 unspecified atom stereocenters. The van der Waals surface area contributed by atoms with E-state index in [1.165, 1.54) is 5.39 Å². The van der Waals surface area contributed by atoms with Crippen LogP contribution in [0.5, 0.6) is 0 Å². The second-order valence-corrected chi connectivity index (χ2v) is 5.82. The average molecular weight is 298 g/mol. The van der Waals surface area contributed by atoms with Crippen molar-refractivity contribution in [2.75, 3.05) is 0 Å². The number of hydrogen-bond donors (Lipinski definition) is 0. The Morgan fingerprint density at radius 2 is 1.65 bits per heavy atom. The van der Waals surface area contributed by atoms with Gasteiger partial charge in [0.2, 0.25) is 0 Å². The van der Waals surface area contributed by atoms with Crippen LogP contribution >= 0.6 is 0 Å². The van der Waals surface area contributed by atoms with Crippen molar-refractivity contribution in [2.24, 2.45) is 0 Å². The van der Waals surface area contributed by atoms with E-state index in [0.717, 1.165) is 38.6 Å². The number of aryl methyl sites for hydroxylation is 1. The standard InChI is InChI=1S/C20H14N2O/c1-13-7-9-17-16-10-8-14-5-2-3-6-15(14)19(16)23-20(17)18(13)22-12-4-11-21-22/h2-12H,1H3. The van der Waals surface area contributed by atoms with Crippen LogP contribution in [0.15, 0.2) is 71.4 Å². The zero-order valence-corrected chi connectivity index (χ0v) is 12.7. The highest BCUT2D eigenvalue weighted by Crippen LogP contribution is 2.37. The first-order valence-corrected chi connectivity index (χ1v) is 7.66. The maximum atomic E-state index is 6.34. The summed E-state index contributed by atoms with van der Waals surface area (Å²) in [5.74, 6) is 0. The first-order valence-electron chi connectivity index (χ1n) is 7.66. The van der Waals surface area contributed by atoms with Gasteiger partial charge in [0.25, 0.3) is 0 Å². The fourth-order valence-corrected chi connectivity index (χ4v) is 3.34. The number of nitrogens with zero attached hydrogens (tertiary/aromatic N) is 2. The number of hydrogen-bond acceptors (Lipinski definition) is 2. The molecule has 0 aliphatic carbocycles. The molecule has 0 fully saturated rings. The summed E-state index contributed by atoms with van der Waals surface area (Å²) in [7, 11) is 0. The van der Waals surface area contributed by atoms with Gasteiger partial charge in [0.1, 0.15) is 11.3 Å². The molecular weight excluding hydrogens is 284 g/mol. The van der Waals surface area contributed by atoms with Crippen LogP contribution in [0.25, 0.3) is 38.4 Å². The van der Waals surface area contributed by atoms with Crippen molar-refractivity contribution in [3.63, 3.8) is 0 Å². The predicted molar refractivity (Wildman–Crippen MR) is 93.1 cm³/mol. The summed E-state index contributed by atoms with van der Waals surface area (Å²) in [6, 6.07) is 18.8. The van der Waals surface area contributed by atoms with Crippen LogP contribution in [0.4, 0.5) is 0 Å². The van der Waals surface area contributed by atoms with Crippen LogP contribution < -0.4 is 0 Å². The minimum absolute atomic E-state index is 0.889. The molecule has 2 aromatic heterocycles. The van der Waals surface area contributed by atoms with Gasteiger partial charge in [-0.05, 0) is 30.0 Å². The van der Waals surface area contributed by atoms with E-state index < -0.39 is 0 Å². The van der Waals surface area contributed by atoms with Crippen LogP contribution in [0, 0.1) is 6.92 Å². The monoisotopic (exact) mass is 298 g/mol. The number of fused-ring (bicyclic) bond motifs is 5. The predicted octanol–water partition coefficient (Wildman–Crippen LogP) is 5.23. The third kappa shape index (κ3) is 1.67. The fourth-order valence-electron chi connectivity index (χ4n) is 3.34. The molecule has 2 heterocycles. The molecule has 3 nitrogen and oxygen atoms in total. The van der Waals surface area contributed by atoms with Crippen molar-refractivity contribution in [1.82, 2.24) is 9.78 Å². The van der Waals surface area contributed by atoms with E-state index in [9.17, 15) is 0 Å². The van der Waals surface area contributed by atoms with Crippen molar-refractivity contribution < 1.29 is 4.42 Å². The molecule has 0 atom stereocenters. The van der Waals surface area contributed by atoms with Crippen molar-refractivity contribution in [2.45, 2.75) is 6.92 Å². The second-order valence-electron chi connectivity index (χ2n) is 5.82. The van der Waals surface area contributed by atoms with Gasteiger partial charge >= 0.3 is 0 Å². The lowest BCUT2D eigenvalue weighted by Gasteiger charge is -2.06. The minimum atomic E-state index is 0.889. The van der Waals surface area contributed by atoms with Crippen molar-refractivity contribution in [3.05, 3.63) is 72.6 Å². The number of rotatable bonds is 1. The van der Waals surface area contributed by atoms with Crippen molar-refractivity contribution in [1.29, 1.82) is 0 Å². The Hall–Kier alpha value is -3.07. The lowest BCUT2D eigenvalue weighted by atomic mass is 10.0. The van der Waals surface area contributed by atoms with E-state index in [1.54, 1.807) is 6.20 Å². The fraction of sp³-hybridized carbons (Fsp3) is 0.0500. The van der Waals surface area contributed by atoms with E-state index in [4.69, 9.17) is 4.42 Å². The maximum absolute atomic E-state index is 6.34. The quantitative estimate of drug-likeness (QED) is 0.424. The molecule has 3 aromatic carbocycles. The SMILES string of the molecule is Cc1ccc2c(oc3c4ccccc4ccc23)c1-n1cccn1. The Bertz CT molecular complexity index is 1170. The Balaban J connectivity index is 2.00. The van der Waals surface area contributed by atoms with Gasteiger partial charge in [-0.3, -0.25) is 0 Å². The van der Waals surface area contributed by atoms with E-state index in [-0.39, 0.29) is 0 Å². The molecule has 3 heteroatoms. The minimum Gasteiger partial charge on any atom is -0.453 e. The maximum Gasteiger partial charge on any atom is 0.161 e. The Kier molecular flexibility index (Phi) is 2.42. The molecule has 0 aliphatic heterocycles. The topological polar surface area (TPSA) is 31.0 Å². The van der Waals surface area contributed by atoms with Crippen LogP contribution in [0.3, 0.4) is 0 Å².